The molecule has 0 radical (unpaired) electrons. The Morgan fingerprint density at radius 3 is 2.68 bits per heavy atom. The van der Waals surface area contributed by atoms with Crippen molar-refractivity contribution in [1.82, 2.24) is 24.8 Å². The van der Waals surface area contributed by atoms with E-state index in [9.17, 15) is 4.79 Å². The van der Waals surface area contributed by atoms with Crippen molar-refractivity contribution in [3.63, 3.8) is 0 Å². The Balaban J connectivity index is 1.83. The molecule has 0 atom stereocenters. The highest BCUT2D eigenvalue weighted by Gasteiger charge is 2.15. The largest absolute Gasteiger partial charge is 0.352 e. The van der Waals surface area contributed by atoms with E-state index in [1.54, 1.807) is 16.9 Å². The van der Waals surface area contributed by atoms with Crippen LogP contribution in [-0.4, -0.2) is 52.6 Å². The quantitative estimate of drug-likeness (QED) is 0.702. The van der Waals surface area contributed by atoms with Crippen LogP contribution in [0.2, 0.25) is 0 Å². The molecule has 2 aromatic heterocycles. The second-order valence-electron chi connectivity index (χ2n) is 6.40. The molecular formula is C19H23N5O. The van der Waals surface area contributed by atoms with Crippen LogP contribution in [0.4, 0.5) is 0 Å². The first kappa shape index (κ1) is 17.1. The van der Waals surface area contributed by atoms with Crippen molar-refractivity contribution in [3.8, 4) is 11.3 Å². The van der Waals surface area contributed by atoms with Crippen LogP contribution < -0.4 is 5.32 Å². The molecule has 2 heterocycles. The summed E-state index contributed by atoms with van der Waals surface area (Å²) < 4.78 is 1.72. The molecule has 6 heteroatoms. The van der Waals surface area contributed by atoms with Crippen molar-refractivity contribution in [2.75, 3.05) is 27.2 Å². The zero-order valence-electron chi connectivity index (χ0n) is 14.9. The number of aromatic nitrogens is 3. The molecule has 25 heavy (non-hydrogen) atoms. The minimum atomic E-state index is -0.137. The molecule has 0 bridgehead atoms. The average Bonchev–Trinajstić information content (AvgIpc) is 3.03. The number of hydrogen-bond acceptors (Lipinski definition) is 4. The van der Waals surface area contributed by atoms with Crippen molar-refractivity contribution in [1.29, 1.82) is 0 Å². The molecular weight excluding hydrogens is 314 g/mol. The molecule has 3 aromatic rings. The van der Waals surface area contributed by atoms with Crippen LogP contribution in [0.15, 0.2) is 42.7 Å². The van der Waals surface area contributed by atoms with Crippen molar-refractivity contribution >= 4 is 11.6 Å². The van der Waals surface area contributed by atoms with Crippen LogP contribution in [0, 0.1) is 6.92 Å². The normalized spacial score (nSPS) is 11.2. The monoisotopic (exact) mass is 337 g/mol. The van der Waals surface area contributed by atoms with Crippen LogP contribution in [0.25, 0.3) is 16.9 Å². The molecule has 0 aliphatic heterocycles. The van der Waals surface area contributed by atoms with Gasteiger partial charge in [0.25, 0.3) is 5.91 Å². The third-order valence-corrected chi connectivity index (χ3v) is 4.06. The van der Waals surface area contributed by atoms with E-state index >= 15 is 0 Å². The highest BCUT2D eigenvalue weighted by Crippen LogP contribution is 2.21. The van der Waals surface area contributed by atoms with E-state index in [1.165, 1.54) is 5.56 Å². The van der Waals surface area contributed by atoms with Gasteiger partial charge < -0.3 is 10.2 Å². The Labute approximate surface area is 147 Å². The van der Waals surface area contributed by atoms with Gasteiger partial charge in [0.15, 0.2) is 5.65 Å². The van der Waals surface area contributed by atoms with Crippen molar-refractivity contribution < 1.29 is 4.79 Å². The van der Waals surface area contributed by atoms with Crippen LogP contribution in [0.5, 0.6) is 0 Å². The Morgan fingerprint density at radius 2 is 1.96 bits per heavy atom. The second-order valence-corrected chi connectivity index (χ2v) is 6.40. The summed E-state index contributed by atoms with van der Waals surface area (Å²) in [4.78, 5) is 18.9. The number of benzene rings is 1. The van der Waals surface area contributed by atoms with Gasteiger partial charge in [0, 0.05) is 18.3 Å². The van der Waals surface area contributed by atoms with Gasteiger partial charge in [-0.3, -0.25) is 4.79 Å². The van der Waals surface area contributed by atoms with E-state index in [0.717, 1.165) is 24.2 Å². The summed E-state index contributed by atoms with van der Waals surface area (Å²) in [5.74, 6) is -0.137. The maximum Gasteiger partial charge on any atom is 0.256 e. The highest BCUT2D eigenvalue weighted by molar-refractivity contribution is 5.99. The van der Waals surface area contributed by atoms with Gasteiger partial charge in [-0.15, -0.1) is 0 Å². The molecule has 1 N–H and O–H groups in total. The van der Waals surface area contributed by atoms with E-state index in [-0.39, 0.29) is 5.91 Å². The number of aryl methyl sites for hydroxylation is 1. The summed E-state index contributed by atoms with van der Waals surface area (Å²) in [5.41, 5.74) is 4.23. The van der Waals surface area contributed by atoms with Gasteiger partial charge in [0.2, 0.25) is 0 Å². The highest BCUT2D eigenvalue weighted by atomic mass is 16.1. The molecule has 6 nitrogen and oxygen atoms in total. The minimum absolute atomic E-state index is 0.137. The van der Waals surface area contributed by atoms with Gasteiger partial charge >= 0.3 is 0 Å². The molecule has 0 fully saturated rings. The fourth-order valence-corrected chi connectivity index (χ4v) is 2.69. The Bertz CT molecular complexity index is 867. The smallest absolute Gasteiger partial charge is 0.256 e. The third kappa shape index (κ3) is 3.85. The topological polar surface area (TPSA) is 62.5 Å². The first-order valence-corrected chi connectivity index (χ1v) is 8.39. The molecule has 1 aromatic carbocycles. The number of fused-ring (bicyclic) bond motifs is 1. The summed E-state index contributed by atoms with van der Waals surface area (Å²) in [5, 5.41) is 7.32. The van der Waals surface area contributed by atoms with E-state index in [1.807, 2.05) is 32.3 Å². The fraction of sp³-hybridized carbons (Fsp3) is 0.316. The molecule has 0 saturated heterocycles. The molecule has 0 spiro atoms. The van der Waals surface area contributed by atoms with Gasteiger partial charge in [-0.2, -0.15) is 5.10 Å². The standard InChI is InChI=1S/C19H23N5O/c1-14-5-7-15(8-6-14)17-9-11-20-18-16(13-22-24(17)18)19(25)21-10-4-12-23(2)3/h5-9,11,13H,4,10,12H2,1-3H3,(H,21,25). The molecule has 0 unspecified atom stereocenters. The summed E-state index contributed by atoms with van der Waals surface area (Å²) in [6.07, 6.45) is 4.20. The molecule has 0 saturated carbocycles. The van der Waals surface area contributed by atoms with Crippen molar-refractivity contribution in [2.24, 2.45) is 0 Å². The third-order valence-electron chi connectivity index (χ3n) is 4.06. The number of carbonyl (C=O) groups is 1. The maximum absolute atomic E-state index is 12.4. The number of amides is 1. The van der Waals surface area contributed by atoms with Crippen LogP contribution in [0.1, 0.15) is 22.3 Å². The van der Waals surface area contributed by atoms with Gasteiger partial charge in [-0.1, -0.05) is 29.8 Å². The second kappa shape index (κ2) is 7.44. The summed E-state index contributed by atoms with van der Waals surface area (Å²) >= 11 is 0. The zero-order chi connectivity index (χ0) is 17.8. The lowest BCUT2D eigenvalue weighted by Gasteiger charge is -2.09. The van der Waals surface area contributed by atoms with Gasteiger partial charge in [0.1, 0.15) is 5.56 Å². The Morgan fingerprint density at radius 1 is 1.20 bits per heavy atom. The fourth-order valence-electron chi connectivity index (χ4n) is 2.69. The first-order valence-electron chi connectivity index (χ1n) is 8.39. The Hall–Kier alpha value is -2.73. The SMILES string of the molecule is Cc1ccc(-c2ccnc3c(C(=O)NCCCN(C)C)cnn23)cc1. The van der Waals surface area contributed by atoms with Crippen molar-refractivity contribution in [3.05, 3.63) is 53.9 Å². The predicted molar refractivity (Wildman–Crippen MR) is 98.7 cm³/mol. The number of nitrogens with one attached hydrogen (secondary N) is 1. The number of rotatable bonds is 6. The molecule has 130 valence electrons. The van der Waals surface area contributed by atoms with E-state index in [2.05, 4.69) is 39.4 Å². The lowest BCUT2D eigenvalue weighted by Crippen LogP contribution is -2.27. The first-order chi connectivity index (χ1) is 12.1. The van der Waals surface area contributed by atoms with E-state index in [0.29, 0.717) is 17.8 Å². The lowest BCUT2D eigenvalue weighted by atomic mass is 10.1. The number of hydrogen-bond donors (Lipinski definition) is 1. The summed E-state index contributed by atoms with van der Waals surface area (Å²) in [6, 6.07) is 10.1. The molecule has 1 amide bonds. The zero-order valence-corrected chi connectivity index (χ0v) is 14.9. The van der Waals surface area contributed by atoms with Gasteiger partial charge in [0.05, 0.1) is 11.9 Å². The van der Waals surface area contributed by atoms with Crippen molar-refractivity contribution in [2.45, 2.75) is 13.3 Å². The predicted octanol–water partition coefficient (Wildman–Crippen LogP) is 2.39. The van der Waals surface area contributed by atoms with Crippen LogP contribution >= 0.6 is 0 Å². The maximum atomic E-state index is 12.4. The molecule has 3 rings (SSSR count). The number of carbonyl (C=O) groups excluding carboxylic acids is 1. The van der Waals surface area contributed by atoms with Gasteiger partial charge in [-0.25, -0.2) is 9.50 Å². The average molecular weight is 337 g/mol. The minimum Gasteiger partial charge on any atom is -0.352 e. The van der Waals surface area contributed by atoms with Crippen LogP contribution in [0.3, 0.4) is 0 Å². The lowest BCUT2D eigenvalue weighted by molar-refractivity contribution is 0.0953. The molecule has 0 aliphatic carbocycles. The Kier molecular flexibility index (Phi) is 5.09. The summed E-state index contributed by atoms with van der Waals surface area (Å²) in [7, 11) is 4.03. The van der Waals surface area contributed by atoms with Gasteiger partial charge in [-0.05, 0) is 40.1 Å². The van der Waals surface area contributed by atoms with Crippen LogP contribution in [-0.2, 0) is 0 Å². The molecule has 0 aliphatic rings. The van der Waals surface area contributed by atoms with E-state index < -0.39 is 0 Å². The number of nitrogens with zero attached hydrogens (tertiary/aromatic N) is 4. The van der Waals surface area contributed by atoms with E-state index in [4.69, 9.17) is 0 Å². The summed E-state index contributed by atoms with van der Waals surface area (Å²) in [6.45, 7) is 3.62.